The number of carbonyl (C=O) groups excluding carboxylic acids is 1. The number of benzene rings is 2. The van der Waals surface area contributed by atoms with E-state index in [2.05, 4.69) is 4.74 Å². The average Bonchev–Trinajstić information content (AvgIpc) is 2.69. The molecule has 0 N–H and O–H groups in total. The maximum Gasteiger partial charge on any atom is 0.330 e. The van der Waals surface area contributed by atoms with Gasteiger partial charge in [-0.25, -0.2) is 22.0 Å². The highest BCUT2D eigenvalue weighted by atomic mass is 35.5. The monoisotopic (exact) mass is 462 g/mol. The minimum absolute atomic E-state index is 0.0260. The molecule has 1 fully saturated rings. The Bertz CT molecular complexity index is 994. The highest BCUT2D eigenvalue weighted by Crippen LogP contribution is 2.64. The van der Waals surface area contributed by atoms with Gasteiger partial charge in [0.05, 0.1) is 5.56 Å². The van der Waals surface area contributed by atoms with Crippen molar-refractivity contribution in [2.75, 3.05) is 0 Å². The first-order valence-electron chi connectivity index (χ1n) is 7.97. The van der Waals surface area contributed by atoms with Crippen LogP contribution in [0.25, 0.3) is 0 Å². The van der Waals surface area contributed by atoms with Crippen LogP contribution >= 0.6 is 11.6 Å². The summed E-state index contributed by atoms with van der Waals surface area (Å²) in [6.45, 7) is -1.67. The molecule has 1 atom stereocenters. The Hall–Kier alpha value is -2.43. The second-order valence-corrected chi connectivity index (χ2v) is 6.93. The second-order valence-electron chi connectivity index (χ2n) is 6.49. The summed E-state index contributed by atoms with van der Waals surface area (Å²) in [5.74, 6) is -23.5. The minimum Gasteiger partial charge on any atom is -0.460 e. The first kappa shape index (κ1) is 22.3. The summed E-state index contributed by atoms with van der Waals surface area (Å²) >= 11 is 5.61. The van der Waals surface area contributed by atoms with Gasteiger partial charge in [0.1, 0.15) is 6.61 Å². The Morgan fingerprint density at radius 2 is 1.33 bits per heavy atom. The summed E-state index contributed by atoms with van der Waals surface area (Å²) in [6, 6.07) is 3.77. The van der Waals surface area contributed by atoms with Gasteiger partial charge in [-0.2, -0.15) is 17.6 Å². The van der Waals surface area contributed by atoms with Gasteiger partial charge in [-0.1, -0.05) is 23.7 Å². The molecule has 1 aliphatic carbocycles. The van der Waals surface area contributed by atoms with E-state index in [-0.39, 0.29) is 5.02 Å². The van der Waals surface area contributed by atoms with Gasteiger partial charge in [0.2, 0.25) is 5.82 Å². The Labute approximate surface area is 167 Å². The van der Waals surface area contributed by atoms with Gasteiger partial charge in [-0.05, 0) is 17.7 Å². The van der Waals surface area contributed by atoms with Gasteiger partial charge in [0.25, 0.3) is 0 Å². The summed E-state index contributed by atoms with van der Waals surface area (Å²) in [4.78, 5) is 12.4. The predicted octanol–water partition coefficient (Wildman–Crippen LogP) is 5.69. The van der Waals surface area contributed by atoms with Crippen LogP contribution in [0, 0.1) is 29.1 Å². The molecule has 0 amide bonds. The molecule has 162 valence electrons. The zero-order chi connectivity index (χ0) is 22.6. The van der Waals surface area contributed by atoms with Crippen molar-refractivity contribution in [3.63, 3.8) is 0 Å². The third kappa shape index (κ3) is 2.93. The number of ether oxygens (including phenoxy) is 1. The number of hydrogen-bond donors (Lipinski definition) is 0. The molecular weight excluding hydrogens is 455 g/mol. The zero-order valence-corrected chi connectivity index (χ0v) is 15.1. The number of alkyl halides is 4. The van der Waals surface area contributed by atoms with Crippen LogP contribution in [0.5, 0.6) is 0 Å². The topological polar surface area (TPSA) is 26.3 Å². The third-order valence-corrected chi connectivity index (χ3v) is 5.07. The molecule has 1 aliphatic rings. The van der Waals surface area contributed by atoms with Gasteiger partial charge < -0.3 is 4.74 Å². The minimum atomic E-state index is -4.97. The number of rotatable bonds is 4. The average molecular weight is 463 g/mol. The van der Waals surface area contributed by atoms with Crippen molar-refractivity contribution < 1.29 is 49.0 Å². The molecule has 0 heterocycles. The lowest BCUT2D eigenvalue weighted by molar-refractivity contribution is -0.323. The van der Waals surface area contributed by atoms with Crippen LogP contribution in [0.2, 0.25) is 5.02 Å². The van der Waals surface area contributed by atoms with E-state index in [1.807, 2.05) is 0 Å². The van der Waals surface area contributed by atoms with E-state index in [0.717, 1.165) is 24.3 Å². The fraction of sp³-hybridized carbons (Fsp3) is 0.278. The molecule has 12 heteroatoms. The summed E-state index contributed by atoms with van der Waals surface area (Å²) in [5.41, 5.74) is -5.52. The molecule has 0 spiro atoms. The predicted molar refractivity (Wildman–Crippen MR) is 83.7 cm³/mol. The van der Waals surface area contributed by atoms with E-state index in [9.17, 15) is 44.3 Å². The van der Waals surface area contributed by atoms with E-state index in [1.54, 1.807) is 0 Å². The SMILES string of the molecule is O=C(OCc1c(F)c(F)c(F)c(F)c1F)[C@]1(c2ccc(Cl)cc2)CC(F)(F)C1(F)F. The molecule has 3 rings (SSSR count). The van der Waals surface area contributed by atoms with Crippen LogP contribution in [0.4, 0.5) is 39.5 Å². The summed E-state index contributed by atoms with van der Waals surface area (Å²) in [6.07, 6.45) is -1.72. The zero-order valence-electron chi connectivity index (χ0n) is 14.3. The highest BCUT2D eigenvalue weighted by molar-refractivity contribution is 6.30. The molecular formula is C18H8ClF9O2. The summed E-state index contributed by atoms with van der Waals surface area (Å²) in [5, 5.41) is 0.0260. The smallest absolute Gasteiger partial charge is 0.330 e. The standard InChI is InChI=1S/C18H8ClF9O2/c19-8-3-1-7(2-4-8)16(6-17(25,26)18(16,27)28)15(29)30-5-9-10(20)12(22)14(24)13(23)11(9)21/h1-4H,5-6H2/t16-/m1/s1. The van der Waals surface area contributed by atoms with Crippen molar-refractivity contribution in [3.05, 3.63) is 69.5 Å². The van der Waals surface area contributed by atoms with Gasteiger partial charge in [-0.15, -0.1) is 0 Å². The molecule has 2 aromatic rings. The number of carbonyl (C=O) groups is 1. The molecule has 0 radical (unpaired) electrons. The van der Waals surface area contributed by atoms with Crippen molar-refractivity contribution in [1.29, 1.82) is 0 Å². The van der Waals surface area contributed by atoms with Crippen LogP contribution in [0.1, 0.15) is 17.5 Å². The molecule has 0 bridgehead atoms. The van der Waals surface area contributed by atoms with Crippen LogP contribution in [0.15, 0.2) is 24.3 Å². The van der Waals surface area contributed by atoms with Gasteiger partial charge in [0.15, 0.2) is 28.7 Å². The van der Waals surface area contributed by atoms with Gasteiger partial charge in [0, 0.05) is 11.4 Å². The third-order valence-electron chi connectivity index (χ3n) is 4.82. The lowest BCUT2D eigenvalue weighted by Gasteiger charge is -2.51. The molecule has 2 nitrogen and oxygen atoms in total. The van der Waals surface area contributed by atoms with Crippen molar-refractivity contribution in [1.82, 2.24) is 0 Å². The van der Waals surface area contributed by atoms with Gasteiger partial charge in [-0.3, -0.25) is 4.79 Å². The van der Waals surface area contributed by atoms with Crippen molar-refractivity contribution in [2.24, 2.45) is 0 Å². The Balaban J connectivity index is 1.99. The van der Waals surface area contributed by atoms with Crippen molar-refractivity contribution in [2.45, 2.75) is 30.3 Å². The maximum atomic E-state index is 14.3. The molecule has 0 unspecified atom stereocenters. The van der Waals surface area contributed by atoms with E-state index in [1.165, 1.54) is 0 Å². The Morgan fingerprint density at radius 3 is 1.77 bits per heavy atom. The highest BCUT2D eigenvalue weighted by Gasteiger charge is 2.84. The number of halogens is 10. The molecule has 0 aromatic heterocycles. The van der Waals surface area contributed by atoms with Crippen LogP contribution < -0.4 is 0 Å². The molecule has 0 aliphatic heterocycles. The van der Waals surface area contributed by atoms with Gasteiger partial charge >= 0.3 is 17.8 Å². The first-order chi connectivity index (χ1) is 13.8. The first-order valence-corrected chi connectivity index (χ1v) is 8.35. The fourth-order valence-electron chi connectivity index (χ4n) is 3.13. The fourth-order valence-corrected chi connectivity index (χ4v) is 3.26. The van der Waals surface area contributed by atoms with Crippen LogP contribution in [-0.2, 0) is 21.6 Å². The quantitative estimate of drug-likeness (QED) is 0.252. The second kappa shape index (κ2) is 7.07. The summed E-state index contributed by atoms with van der Waals surface area (Å²) in [7, 11) is 0. The largest absolute Gasteiger partial charge is 0.460 e. The normalized spacial score (nSPS) is 21.8. The molecule has 2 aromatic carbocycles. The van der Waals surface area contributed by atoms with Crippen molar-refractivity contribution in [3.8, 4) is 0 Å². The van der Waals surface area contributed by atoms with Crippen LogP contribution in [-0.4, -0.2) is 17.8 Å². The molecule has 30 heavy (non-hydrogen) atoms. The molecule has 1 saturated carbocycles. The maximum absolute atomic E-state index is 14.3. The van der Waals surface area contributed by atoms with E-state index in [0.29, 0.717) is 0 Å². The Kier molecular flexibility index (Phi) is 5.25. The Morgan fingerprint density at radius 1 is 0.867 bits per heavy atom. The van der Waals surface area contributed by atoms with E-state index < -0.39 is 76.5 Å². The number of hydrogen-bond acceptors (Lipinski definition) is 2. The van der Waals surface area contributed by atoms with E-state index >= 15 is 0 Å². The number of esters is 1. The van der Waals surface area contributed by atoms with Crippen molar-refractivity contribution >= 4 is 17.6 Å². The summed E-state index contributed by atoms with van der Waals surface area (Å²) < 4.78 is 127. The van der Waals surface area contributed by atoms with Crippen LogP contribution in [0.3, 0.4) is 0 Å². The lowest BCUT2D eigenvalue weighted by atomic mass is 9.58. The molecule has 0 saturated heterocycles. The lowest BCUT2D eigenvalue weighted by Crippen LogP contribution is -2.72. The van der Waals surface area contributed by atoms with E-state index in [4.69, 9.17) is 11.6 Å².